The van der Waals surface area contributed by atoms with Gasteiger partial charge in [-0.25, -0.2) is 0 Å². The maximum absolute atomic E-state index is 3.41. The number of likely N-dealkylation sites (tertiary alicyclic amines) is 1. The SMILES string of the molecule is CCC1CN(C2CCNC2)C1. The van der Waals surface area contributed by atoms with Gasteiger partial charge < -0.3 is 5.32 Å². The van der Waals surface area contributed by atoms with E-state index in [1.54, 1.807) is 0 Å². The summed E-state index contributed by atoms with van der Waals surface area (Å²) in [6.45, 7) is 7.50. The van der Waals surface area contributed by atoms with Crippen LogP contribution in [0.5, 0.6) is 0 Å². The highest BCUT2D eigenvalue weighted by atomic mass is 15.2. The minimum atomic E-state index is 0.873. The summed E-state index contributed by atoms with van der Waals surface area (Å²) >= 11 is 0. The van der Waals surface area contributed by atoms with Crippen molar-refractivity contribution in [2.45, 2.75) is 25.8 Å². The Morgan fingerprint density at radius 1 is 1.45 bits per heavy atom. The largest absolute Gasteiger partial charge is 0.315 e. The predicted octanol–water partition coefficient (Wildman–Crippen LogP) is 0.690. The van der Waals surface area contributed by atoms with Gasteiger partial charge in [-0.3, -0.25) is 4.90 Å². The summed E-state index contributed by atoms with van der Waals surface area (Å²) in [7, 11) is 0. The first kappa shape index (κ1) is 7.56. The molecule has 11 heavy (non-hydrogen) atoms. The van der Waals surface area contributed by atoms with Gasteiger partial charge in [0.15, 0.2) is 0 Å². The summed E-state index contributed by atoms with van der Waals surface area (Å²) in [6, 6.07) is 0.873. The van der Waals surface area contributed by atoms with E-state index in [0.717, 1.165) is 12.0 Å². The van der Waals surface area contributed by atoms with E-state index in [1.807, 2.05) is 0 Å². The molecule has 0 saturated carbocycles. The van der Waals surface area contributed by atoms with Crippen molar-refractivity contribution >= 4 is 0 Å². The molecule has 2 aliphatic heterocycles. The van der Waals surface area contributed by atoms with Crippen molar-refractivity contribution in [1.82, 2.24) is 10.2 Å². The van der Waals surface area contributed by atoms with Crippen LogP contribution in [0.3, 0.4) is 0 Å². The lowest BCUT2D eigenvalue weighted by Gasteiger charge is -2.42. The van der Waals surface area contributed by atoms with Crippen LogP contribution in [-0.4, -0.2) is 37.1 Å². The van der Waals surface area contributed by atoms with Crippen molar-refractivity contribution in [1.29, 1.82) is 0 Å². The van der Waals surface area contributed by atoms with Crippen LogP contribution in [-0.2, 0) is 0 Å². The molecule has 2 heterocycles. The first-order chi connectivity index (χ1) is 5.40. The van der Waals surface area contributed by atoms with Crippen molar-refractivity contribution in [2.24, 2.45) is 5.92 Å². The van der Waals surface area contributed by atoms with Crippen LogP contribution in [0, 0.1) is 5.92 Å². The van der Waals surface area contributed by atoms with Gasteiger partial charge in [0.2, 0.25) is 0 Å². The Labute approximate surface area is 69.0 Å². The van der Waals surface area contributed by atoms with Gasteiger partial charge in [-0.05, 0) is 18.9 Å². The van der Waals surface area contributed by atoms with Crippen molar-refractivity contribution in [3.63, 3.8) is 0 Å². The van der Waals surface area contributed by atoms with E-state index in [2.05, 4.69) is 17.1 Å². The Bertz CT molecular complexity index is 124. The maximum atomic E-state index is 3.41. The molecular weight excluding hydrogens is 136 g/mol. The second kappa shape index (κ2) is 3.11. The average molecular weight is 154 g/mol. The Balaban J connectivity index is 1.73. The fourth-order valence-electron chi connectivity index (χ4n) is 2.12. The summed E-state index contributed by atoms with van der Waals surface area (Å²) in [4.78, 5) is 2.63. The molecular formula is C9H18N2. The molecule has 0 spiro atoms. The summed E-state index contributed by atoms with van der Waals surface area (Å²) < 4.78 is 0. The molecule has 2 saturated heterocycles. The molecule has 2 aliphatic rings. The predicted molar refractivity (Wildman–Crippen MR) is 46.6 cm³/mol. The first-order valence-corrected chi connectivity index (χ1v) is 4.85. The fraction of sp³-hybridized carbons (Fsp3) is 1.00. The standard InChI is InChI=1S/C9H18N2/c1-2-8-6-11(7-8)9-3-4-10-5-9/h8-10H,2-7H2,1H3. The van der Waals surface area contributed by atoms with E-state index in [4.69, 9.17) is 0 Å². The molecule has 1 atom stereocenters. The molecule has 0 aromatic heterocycles. The van der Waals surface area contributed by atoms with Crippen molar-refractivity contribution in [2.75, 3.05) is 26.2 Å². The third-order valence-corrected chi connectivity index (χ3v) is 3.11. The zero-order valence-electron chi connectivity index (χ0n) is 7.34. The van der Waals surface area contributed by atoms with Gasteiger partial charge in [0, 0.05) is 25.7 Å². The molecule has 2 nitrogen and oxygen atoms in total. The van der Waals surface area contributed by atoms with Crippen LogP contribution < -0.4 is 5.32 Å². The molecule has 1 unspecified atom stereocenters. The zero-order valence-corrected chi connectivity index (χ0v) is 7.34. The summed E-state index contributed by atoms with van der Waals surface area (Å²) in [5, 5.41) is 3.41. The van der Waals surface area contributed by atoms with Crippen LogP contribution in [0.15, 0.2) is 0 Å². The maximum Gasteiger partial charge on any atom is 0.0232 e. The smallest absolute Gasteiger partial charge is 0.0232 e. The van der Waals surface area contributed by atoms with Crippen LogP contribution in [0.25, 0.3) is 0 Å². The first-order valence-electron chi connectivity index (χ1n) is 4.85. The zero-order chi connectivity index (χ0) is 7.68. The molecule has 2 rings (SSSR count). The van der Waals surface area contributed by atoms with Crippen LogP contribution in [0.2, 0.25) is 0 Å². The third kappa shape index (κ3) is 1.42. The molecule has 2 fully saturated rings. The molecule has 0 amide bonds. The van der Waals surface area contributed by atoms with E-state index in [1.165, 1.54) is 39.0 Å². The minimum absolute atomic E-state index is 0.873. The van der Waals surface area contributed by atoms with Crippen LogP contribution in [0.1, 0.15) is 19.8 Å². The van der Waals surface area contributed by atoms with E-state index in [-0.39, 0.29) is 0 Å². The topological polar surface area (TPSA) is 15.3 Å². The van der Waals surface area contributed by atoms with Crippen molar-refractivity contribution in [3.05, 3.63) is 0 Å². The fourth-order valence-corrected chi connectivity index (χ4v) is 2.12. The summed E-state index contributed by atoms with van der Waals surface area (Å²) in [5.74, 6) is 1.01. The number of hydrogen-bond donors (Lipinski definition) is 1. The highest BCUT2D eigenvalue weighted by Crippen LogP contribution is 2.23. The van der Waals surface area contributed by atoms with Gasteiger partial charge in [0.05, 0.1) is 0 Å². The molecule has 2 heteroatoms. The van der Waals surface area contributed by atoms with Crippen LogP contribution in [0.4, 0.5) is 0 Å². The second-order valence-corrected chi connectivity index (χ2v) is 3.87. The van der Waals surface area contributed by atoms with Gasteiger partial charge in [-0.1, -0.05) is 13.3 Å². The Kier molecular flexibility index (Phi) is 2.14. The van der Waals surface area contributed by atoms with Crippen molar-refractivity contribution in [3.8, 4) is 0 Å². The van der Waals surface area contributed by atoms with E-state index in [0.29, 0.717) is 0 Å². The average Bonchev–Trinajstić information content (AvgIpc) is 2.37. The summed E-state index contributed by atoms with van der Waals surface area (Å²) in [5.41, 5.74) is 0. The molecule has 1 N–H and O–H groups in total. The van der Waals surface area contributed by atoms with Gasteiger partial charge in [0.25, 0.3) is 0 Å². The lowest BCUT2D eigenvalue weighted by molar-refractivity contribution is 0.0587. The lowest BCUT2D eigenvalue weighted by atomic mass is 9.95. The Morgan fingerprint density at radius 2 is 2.27 bits per heavy atom. The van der Waals surface area contributed by atoms with E-state index >= 15 is 0 Å². The van der Waals surface area contributed by atoms with E-state index in [9.17, 15) is 0 Å². The lowest BCUT2D eigenvalue weighted by Crippen LogP contribution is -2.52. The van der Waals surface area contributed by atoms with Gasteiger partial charge >= 0.3 is 0 Å². The van der Waals surface area contributed by atoms with Crippen molar-refractivity contribution < 1.29 is 0 Å². The molecule has 0 bridgehead atoms. The molecule has 0 aromatic rings. The number of nitrogens with one attached hydrogen (secondary N) is 1. The molecule has 64 valence electrons. The molecule has 0 aromatic carbocycles. The summed E-state index contributed by atoms with van der Waals surface area (Å²) in [6.07, 6.45) is 2.74. The monoisotopic (exact) mass is 154 g/mol. The Morgan fingerprint density at radius 3 is 2.82 bits per heavy atom. The van der Waals surface area contributed by atoms with Crippen LogP contribution >= 0.6 is 0 Å². The number of rotatable bonds is 2. The van der Waals surface area contributed by atoms with Gasteiger partial charge in [-0.15, -0.1) is 0 Å². The Hall–Kier alpha value is -0.0800. The van der Waals surface area contributed by atoms with E-state index < -0.39 is 0 Å². The molecule has 0 aliphatic carbocycles. The van der Waals surface area contributed by atoms with Gasteiger partial charge in [0.1, 0.15) is 0 Å². The quantitative estimate of drug-likeness (QED) is 0.629. The highest BCUT2D eigenvalue weighted by molar-refractivity contribution is 4.88. The normalized spacial score (nSPS) is 34.1. The molecule has 0 radical (unpaired) electrons. The second-order valence-electron chi connectivity index (χ2n) is 3.87. The highest BCUT2D eigenvalue weighted by Gasteiger charge is 2.32. The van der Waals surface area contributed by atoms with Gasteiger partial charge in [-0.2, -0.15) is 0 Å². The number of hydrogen-bond acceptors (Lipinski definition) is 2. The third-order valence-electron chi connectivity index (χ3n) is 3.11. The number of nitrogens with zero attached hydrogens (tertiary/aromatic N) is 1. The minimum Gasteiger partial charge on any atom is -0.315 e.